The van der Waals surface area contributed by atoms with Crippen molar-refractivity contribution < 1.29 is 17.6 Å². The summed E-state index contributed by atoms with van der Waals surface area (Å²) in [5, 5.41) is 9.24. The maximum atomic E-state index is 12.9. The molecule has 166 valence electrons. The van der Waals surface area contributed by atoms with Gasteiger partial charge in [0.05, 0.1) is 5.69 Å². The number of halogens is 3. The number of nitrogens with zero attached hydrogens (tertiary/aromatic N) is 6. The average Bonchev–Trinajstić information content (AvgIpc) is 3.46. The van der Waals surface area contributed by atoms with E-state index in [1.807, 2.05) is 18.5 Å². The Bertz CT molecular complexity index is 1030. The first kappa shape index (κ1) is 21.8. The first-order chi connectivity index (χ1) is 14.8. The number of pyridine rings is 1. The average molecular weight is 453 g/mol. The summed E-state index contributed by atoms with van der Waals surface area (Å²) in [5.74, 6) is 2.17. The number of thioether (sulfide) groups is 1. The summed E-state index contributed by atoms with van der Waals surface area (Å²) in [6, 6.07) is 4.16. The lowest BCUT2D eigenvalue weighted by Gasteiger charge is -2.16. The van der Waals surface area contributed by atoms with Crippen molar-refractivity contribution in [3.63, 3.8) is 0 Å². The molecule has 1 atom stereocenters. The fourth-order valence-corrected chi connectivity index (χ4v) is 4.56. The molecule has 7 nitrogen and oxygen atoms in total. The topological polar surface area (TPSA) is 72.9 Å². The Balaban J connectivity index is 1.26. The van der Waals surface area contributed by atoms with Crippen LogP contribution in [0.3, 0.4) is 0 Å². The Morgan fingerprint density at radius 3 is 2.84 bits per heavy atom. The minimum atomic E-state index is -4.41. The van der Waals surface area contributed by atoms with Gasteiger partial charge in [-0.1, -0.05) is 17.8 Å². The van der Waals surface area contributed by atoms with Crippen molar-refractivity contribution in [3.8, 4) is 11.6 Å². The van der Waals surface area contributed by atoms with Gasteiger partial charge in [-0.3, -0.25) is 0 Å². The predicted octanol–water partition coefficient (Wildman–Crippen LogP) is 4.16. The molecular formula is C20H23F3N6OS. The Kier molecular flexibility index (Phi) is 6.33. The van der Waals surface area contributed by atoms with E-state index in [2.05, 4.69) is 25.1 Å². The molecule has 0 aliphatic carbocycles. The van der Waals surface area contributed by atoms with Crippen LogP contribution in [0.1, 0.15) is 35.8 Å². The fourth-order valence-electron chi connectivity index (χ4n) is 3.72. The molecule has 0 radical (unpaired) electrons. The lowest BCUT2D eigenvalue weighted by Crippen LogP contribution is -2.22. The molecule has 0 N–H and O–H groups in total. The molecule has 4 rings (SSSR count). The van der Waals surface area contributed by atoms with Crippen LogP contribution in [0.2, 0.25) is 0 Å². The van der Waals surface area contributed by atoms with Crippen LogP contribution in [-0.4, -0.2) is 55.0 Å². The number of likely N-dealkylation sites (tertiary alicyclic amines) is 1. The Morgan fingerprint density at radius 1 is 1.26 bits per heavy atom. The van der Waals surface area contributed by atoms with Gasteiger partial charge in [-0.15, -0.1) is 10.2 Å². The van der Waals surface area contributed by atoms with Crippen molar-refractivity contribution in [3.05, 3.63) is 41.7 Å². The van der Waals surface area contributed by atoms with Crippen molar-refractivity contribution in [2.45, 2.75) is 37.0 Å². The monoisotopic (exact) mass is 452 g/mol. The van der Waals surface area contributed by atoms with Gasteiger partial charge < -0.3 is 13.9 Å². The third kappa shape index (κ3) is 4.93. The van der Waals surface area contributed by atoms with Crippen LogP contribution in [0.5, 0.6) is 0 Å². The van der Waals surface area contributed by atoms with Gasteiger partial charge in [-0.25, -0.2) is 9.97 Å². The van der Waals surface area contributed by atoms with E-state index >= 15 is 0 Å². The zero-order valence-electron chi connectivity index (χ0n) is 17.3. The van der Waals surface area contributed by atoms with Gasteiger partial charge in [-0.05, 0) is 45.0 Å². The Labute approximate surface area is 182 Å². The molecule has 3 aromatic heterocycles. The molecule has 0 saturated carbocycles. The second-order valence-corrected chi connectivity index (χ2v) is 8.63. The summed E-state index contributed by atoms with van der Waals surface area (Å²) in [7, 11) is 1.90. The number of hydrogen-bond donors (Lipinski definition) is 0. The van der Waals surface area contributed by atoms with Gasteiger partial charge in [0, 0.05) is 31.0 Å². The van der Waals surface area contributed by atoms with Crippen molar-refractivity contribution in [1.82, 2.24) is 29.6 Å². The zero-order valence-corrected chi connectivity index (χ0v) is 18.1. The number of alkyl halides is 3. The predicted molar refractivity (Wildman–Crippen MR) is 110 cm³/mol. The van der Waals surface area contributed by atoms with Crippen LogP contribution < -0.4 is 0 Å². The Morgan fingerprint density at radius 2 is 2.10 bits per heavy atom. The van der Waals surface area contributed by atoms with Crippen LogP contribution in [0.25, 0.3) is 11.6 Å². The highest BCUT2D eigenvalue weighted by Gasteiger charge is 2.33. The molecule has 1 aliphatic rings. The normalized spacial score (nSPS) is 17.5. The number of rotatable bonds is 7. The first-order valence-corrected chi connectivity index (χ1v) is 11.0. The van der Waals surface area contributed by atoms with E-state index in [0.717, 1.165) is 55.1 Å². The van der Waals surface area contributed by atoms with Gasteiger partial charge in [0.1, 0.15) is 5.69 Å². The maximum Gasteiger partial charge on any atom is 0.433 e. The molecule has 0 bridgehead atoms. The molecule has 1 unspecified atom stereocenters. The summed E-state index contributed by atoms with van der Waals surface area (Å²) >= 11 is 1.62. The second-order valence-electron chi connectivity index (χ2n) is 7.57. The SMILES string of the molecule is Cc1ncoc1-c1nnc(SCCCN2CCC(c3cccc(C(F)(F)F)n3)C2)n1C. The van der Waals surface area contributed by atoms with E-state index < -0.39 is 11.9 Å². The zero-order chi connectivity index (χ0) is 22.0. The summed E-state index contributed by atoms with van der Waals surface area (Å²) in [4.78, 5) is 10.2. The minimum absolute atomic E-state index is 0.0430. The van der Waals surface area contributed by atoms with E-state index in [9.17, 15) is 13.2 Å². The number of hydrogen-bond acceptors (Lipinski definition) is 7. The highest BCUT2D eigenvalue weighted by molar-refractivity contribution is 7.99. The van der Waals surface area contributed by atoms with E-state index in [-0.39, 0.29) is 5.92 Å². The number of aryl methyl sites for hydroxylation is 1. The third-order valence-electron chi connectivity index (χ3n) is 5.39. The van der Waals surface area contributed by atoms with Gasteiger partial charge in [0.2, 0.25) is 5.82 Å². The molecular weight excluding hydrogens is 429 g/mol. The molecule has 0 spiro atoms. The highest BCUT2D eigenvalue weighted by Crippen LogP contribution is 2.31. The summed E-state index contributed by atoms with van der Waals surface area (Å²) in [5.41, 5.74) is 0.482. The summed E-state index contributed by atoms with van der Waals surface area (Å²) in [6.07, 6.45) is -1.25. The van der Waals surface area contributed by atoms with E-state index in [0.29, 0.717) is 17.3 Å². The van der Waals surface area contributed by atoms with E-state index in [1.54, 1.807) is 17.8 Å². The minimum Gasteiger partial charge on any atom is -0.440 e. The van der Waals surface area contributed by atoms with Gasteiger partial charge in [0.25, 0.3) is 0 Å². The summed E-state index contributed by atoms with van der Waals surface area (Å²) in [6.45, 7) is 4.34. The van der Waals surface area contributed by atoms with Gasteiger partial charge in [0.15, 0.2) is 17.3 Å². The smallest absolute Gasteiger partial charge is 0.433 e. The van der Waals surface area contributed by atoms with Crippen LogP contribution in [0, 0.1) is 6.92 Å². The van der Waals surface area contributed by atoms with Crippen molar-refractivity contribution in [2.75, 3.05) is 25.4 Å². The molecule has 1 saturated heterocycles. The van der Waals surface area contributed by atoms with Crippen LogP contribution in [0.4, 0.5) is 13.2 Å². The largest absolute Gasteiger partial charge is 0.440 e. The molecule has 1 fully saturated rings. The molecule has 4 heterocycles. The fraction of sp³-hybridized carbons (Fsp3) is 0.500. The first-order valence-electron chi connectivity index (χ1n) is 10.0. The van der Waals surface area contributed by atoms with Gasteiger partial charge >= 0.3 is 6.18 Å². The lowest BCUT2D eigenvalue weighted by atomic mass is 10.0. The standard InChI is InChI=1S/C20H23F3N6OS/c1-13-17(30-12-24-13)18-26-27-19(28(18)2)31-10-4-8-29-9-7-14(11-29)15-5-3-6-16(25-15)20(21,22)23/h3,5-6,12,14H,4,7-11H2,1-2H3. The molecule has 3 aromatic rings. The maximum absolute atomic E-state index is 12.9. The lowest BCUT2D eigenvalue weighted by molar-refractivity contribution is -0.141. The van der Waals surface area contributed by atoms with Crippen molar-refractivity contribution >= 4 is 11.8 Å². The van der Waals surface area contributed by atoms with Crippen LogP contribution in [0.15, 0.2) is 34.2 Å². The number of aromatic nitrogens is 5. The van der Waals surface area contributed by atoms with Crippen LogP contribution in [-0.2, 0) is 13.2 Å². The third-order valence-corrected chi connectivity index (χ3v) is 6.49. The highest BCUT2D eigenvalue weighted by atomic mass is 32.2. The van der Waals surface area contributed by atoms with Crippen molar-refractivity contribution in [1.29, 1.82) is 0 Å². The van der Waals surface area contributed by atoms with E-state index in [4.69, 9.17) is 4.42 Å². The molecule has 0 aromatic carbocycles. The van der Waals surface area contributed by atoms with Gasteiger partial charge in [-0.2, -0.15) is 13.2 Å². The molecule has 31 heavy (non-hydrogen) atoms. The molecule has 11 heteroatoms. The quantitative estimate of drug-likeness (QED) is 0.394. The summed E-state index contributed by atoms with van der Waals surface area (Å²) < 4.78 is 46.0. The molecule has 1 aliphatic heterocycles. The second kappa shape index (κ2) is 8.99. The van der Waals surface area contributed by atoms with Crippen molar-refractivity contribution in [2.24, 2.45) is 7.05 Å². The Hall–Kier alpha value is -2.40. The van der Waals surface area contributed by atoms with E-state index in [1.165, 1.54) is 12.5 Å². The number of oxazole rings is 1. The van der Waals surface area contributed by atoms with Crippen LogP contribution >= 0.6 is 11.8 Å². The molecule has 0 amide bonds.